The molecule has 0 saturated heterocycles. The molecule has 1 aliphatic rings. The zero-order valence-corrected chi connectivity index (χ0v) is 13.1. The zero-order chi connectivity index (χ0) is 16.1. The molecule has 2 N–H and O–H groups in total. The van der Waals surface area contributed by atoms with Crippen LogP contribution >= 0.6 is 0 Å². The van der Waals surface area contributed by atoms with Gasteiger partial charge in [-0.05, 0) is 68.7 Å². The minimum Gasteiger partial charge on any atom is -0.326 e. The third kappa shape index (κ3) is 3.74. The predicted octanol–water partition coefficient (Wildman–Crippen LogP) is 3.50. The first-order valence-corrected chi connectivity index (χ1v) is 7.30. The number of allylic oxidation sites excluding steroid dienone is 2. The molecule has 0 radical (unpaired) electrons. The fourth-order valence-corrected chi connectivity index (χ4v) is 2.33. The summed E-state index contributed by atoms with van der Waals surface area (Å²) in [6.07, 6.45) is 6.40. The van der Waals surface area contributed by atoms with E-state index in [0.29, 0.717) is 18.4 Å². The number of amides is 2. The quantitative estimate of drug-likeness (QED) is 0.509. The fraction of sp³-hybridized carbons (Fsp3) is 0.278. The second-order valence-corrected chi connectivity index (χ2v) is 5.30. The van der Waals surface area contributed by atoms with E-state index in [1.54, 1.807) is 25.2 Å². The summed E-state index contributed by atoms with van der Waals surface area (Å²) in [5, 5.41) is 5.78. The lowest BCUT2D eigenvalue weighted by atomic mass is 9.98. The largest absolute Gasteiger partial charge is 0.326 e. The summed E-state index contributed by atoms with van der Waals surface area (Å²) in [6, 6.07) is 3.80. The Kier molecular flexibility index (Phi) is 4.97. The first-order valence-electron chi connectivity index (χ1n) is 7.30. The molecule has 114 valence electrons. The number of aryl methyl sites for hydroxylation is 2. The van der Waals surface area contributed by atoms with Crippen LogP contribution in [0.5, 0.6) is 0 Å². The molecular formula is C18H20N2O2. The Balaban J connectivity index is 2.19. The zero-order valence-electron chi connectivity index (χ0n) is 13.1. The second kappa shape index (κ2) is 6.92. The number of hydrogen-bond donors (Lipinski definition) is 2. The van der Waals surface area contributed by atoms with Gasteiger partial charge in [0.25, 0.3) is 5.91 Å². The minimum absolute atomic E-state index is 0.0435. The molecule has 1 aromatic carbocycles. The predicted molar refractivity (Wildman–Crippen MR) is 88.8 cm³/mol. The number of nitrogens with one attached hydrogen (secondary N) is 2. The number of fused-ring (bicyclic) bond motifs is 1. The molecule has 0 atom stereocenters. The summed E-state index contributed by atoms with van der Waals surface area (Å²) in [5.74, 6) is -0.102. The average molecular weight is 296 g/mol. The van der Waals surface area contributed by atoms with Crippen LogP contribution in [0, 0.1) is 6.92 Å². The van der Waals surface area contributed by atoms with Crippen molar-refractivity contribution in [1.29, 1.82) is 0 Å². The van der Waals surface area contributed by atoms with E-state index < -0.39 is 0 Å². The third-order valence-electron chi connectivity index (χ3n) is 3.52. The molecule has 0 aromatic heterocycles. The molecule has 0 fully saturated rings. The van der Waals surface area contributed by atoms with Crippen LogP contribution < -0.4 is 10.6 Å². The smallest absolute Gasteiger partial charge is 0.251 e. The summed E-state index contributed by atoms with van der Waals surface area (Å²) < 4.78 is 0. The van der Waals surface area contributed by atoms with Gasteiger partial charge in [0.15, 0.2) is 0 Å². The Morgan fingerprint density at radius 2 is 2.14 bits per heavy atom. The van der Waals surface area contributed by atoms with E-state index in [9.17, 15) is 9.59 Å². The molecule has 22 heavy (non-hydrogen) atoms. The van der Waals surface area contributed by atoms with Gasteiger partial charge in [-0.15, -0.1) is 5.73 Å². The van der Waals surface area contributed by atoms with E-state index in [2.05, 4.69) is 16.4 Å². The molecule has 1 aliphatic heterocycles. The summed E-state index contributed by atoms with van der Waals surface area (Å²) in [4.78, 5) is 23.6. The first-order chi connectivity index (χ1) is 10.5. The van der Waals surface area contributed by atoms with E-state index in [0.717, 1.165) is 22.5 Å². The summed E-state index contributed by atoms with van der Waals surface area (Å²) >= 11 is 0. The van der Waals surface area contributed by atoms with Crippen molar-refractivity contribution in [2.24, 2.45) is 0 Å². The van der Waals surface area contributed by atoms with Gasteiger partial charge in [0.1, 0.15) is 0 Å². The van der Waals surface area contributed by atoms with Gasteiger partial charge >= 0.3 is 0 Å². The minimum atomic E-state index is -0.145. The maximum Gasteiger partial charge on any atom is 0.251 e. The number of carbonyl (C=O) groups is 2. The van der Waals surface area contributed by atoms with Crippen molar-refractivity contribution < 1.29 is 9.59 Å². The summed E-state index contributed by atoms with van der Waals surface area (Å²) in [5.41, 5.74) is 7.15. The number of rotatable bonds is 3. The van der Waals surface area contributed by atoms with Gasteiger partial charge in [0.2, 0.25) is 5.91 Å². The van der Waals surface area contributed by atoms with Gasteiger partial charge in [0.05, 0.1) is 0 Å². The van der Waals surface area contributed by atoms with Crippen LogP contribution in [0.25, 0.3) is 0 Å². The molecule has 0 spiro atoms. The Hall–Kier alpha value is -2.58. The first kappa shape index (κ1) is 15.8. The molecule has 0 unspecified atom stereocenters. The third-order valence-corrected chi connectivity index (χ3v) is 3.52. The van der Waals surface area contributed by atoms with Crippen molar-refractivity contribution in [3.05, 3.63) is 52.8 Å². The molecule has 0 saturated carbocycles. The van der Waals surface area contributed by atoms with Gasteiger partial charge < -0.3 is 10.6 Å². The van der Waals surface area contributed by atoms with Crippen LogP contribution in [0.1, 0.15) is 31.4 Å². The number of carbonyl (C=O) groups excluding carboxylic acids is 2. The van der Waals surface area contributed by atoms with Crippen LogP contribution in [-0.2, 0) is 16.0 Å². The fourth-order valence-electron chi connectivity index (χ4n) is 2.33. The topological polar surface area (TPSA) is 58.2 Å². The Labute approximate surface area is 130 Å². The molecule has 2 amide bonds. The lowest BCUT2D eigenvalue weighted by Gasteiger charge is -2.20. The lowest BCUT2D eigenvalue weighted by molar-refractivity contribution is -0.116. The number of hydrogen-bond acceptors (Lipinski definition) is 2. The van der Waals surface area contributed by atoms with Crippen LogP contribution in [0.15, 0.2) is 41.7 Å². The number of anilines is 2. The molecule has 1 aromatic rings. The summed E-state index contributed by atoms with van der Waals surface area (Å²) in [7, 11) is 0. The van der Waals surface area contributed by atoms with E-state index in [1.165, 1.54) is 0 Å². The molecule has 4 nitrogen and oxygen atoms in total. The Morgan fingerprint density at radius 1 is 1.36 bits per heavy atom. The van der Waals surface area contributed by atoms with Crippen molar-refractivity contribution in [1.82, 2.24) is 0 Å². The maximum atomic E-state index is 12.1. The van der Waals surface area contributed by atoms with Crippen LogP contribution in [-0.4, -0.2) is 11.8 Å². The summed E-state index contributed by atoms with van der Waals surface area (Å²) in [6.45, 7) is 5.56. The monoisotopic (exact) mass is 296 g/mol. The molecule has 0 bridgehead atoms. The SMILES string of the molecule is CC=C=C/C=C(\C)C(=O)Nc1cc(C)c2c(c1)CCC(=O)N2. The van der Waals surface area contributed by atoms with Gasteiger partial charge in [-0.3, -0.25) is 9.59 Å². The van der Waals surface area contributed by atoms with Gasteiger partial charge in [0, 0.05) is 23.4 Å². The highest BCUT2D eigenvalue weighted by Gasteiger charge is 2.18. The van der Waals surface area contributed by atoms with E-state index in [4.69, 9.17) is 0 Å². The van der Waals surface area contributed by atoms with Gasteiger partial charge in [-0.1, -0.05) is 0 Å². The van der Waals surface area contributed by atoms with Crippen molar-refractivity contribution in [3.8, 4) is 0 Å². The lowest BCUT2D eigenvalue weighted by Crippen LogP contribution is -2.20. The molecule has 4 heteroatoms. The van der Waals surface area contributed by atoms with Crippen molar-refractivity contribution in [2.45, 2.75) is 33.6 Å². The number of benzene rings is 1. The van der Waals surface area contributed by atoms with Crippen LogP contribution in [0.3, 0.4) is 0 Å². The Morgan fingerprint density at radius 3 is 2.86 bits per heavy atom. The van der Waals surface area contributed by atoms with Crippen molar-refractivity contribution >= 4 is 23.2 Å². The van der Waals surface area contributed by atoms with Crippen molar-refractivity contribution in [2.75, 3.05) is 10.6 Å². The van der Waals surface area contributed by atoms with Gasteiger partial charge in [-0.2, -0.15) is 0 Å². The highest BCUT2D eigenvalue weighted by atomic mass is 16.2. The highest BCUT2D eigenvalue weighted by Crippen LogP contribution is 2.29. The molecule has 1 heterocycles. The maximum absolute atomic E-state index is 12.1. The molecule has 0 aliphatic carbocycles. The average Bonchev–Trinajstić information content (AvgIpc) is 2.48. The van der Waals surface area contributed by atoms with E-state index in [-0.39, 0.29) is 11.8 Å². The van der Waals surface area contributed by atoms with Crippen LogP contribution in [0.4, 0.5) is 11.4 Å². The second-order valence-electron chi connectivity index (χ2n) is 5.30. The molecular weight excluding hydrogens is 276 g/mol. The van der Waals surface area contributed by atoms with Crippen molar-refractivity contribution in [3.63, 3.8) is 0 Å². The normalized spacial score (nSPS) is 13.6. The standard InChI is InChI=1S/C18H20N2O2/c1-4-5-6-7-12(2)18(22)19-15-10-13(3)17-14(11-15)8-9-16(21)20-17/h4,6-7,10-11H,8-9H2,1-3H3,(H,19,22)(H,20,21)/b12-7+. The van der Waals surface area contributed by atoms with E-state index >= 15 is 0 Å². The van der Waals surface area contributed by atoms with E-state index in [1.807, 2.05) is 26.0 Å². The van der Waals surface area contributed by atoms with Crippen LogP contribution in [0.2, 0.25) is 0 Å². The molecule has 2 rings (SSSR count). The Bertz CT molecular complexity index is 708. The van der Waals surface area contributed by atoms with Gasteiger partial charge in [-0.25, -0.2) is 0 Å². The highest BCUT2D eigenvalue weighted by molar-refractivity contribution is 6.04.